The molecule has 0 spiro atoms. The van der Waals surface area contributed by atoms with Gasteiger partial charge in [0, 0.05) is 16.8 Å². The van der Waals surface area contributed by atoms with Crippen LogP contribution in [0.4, 0.5) is 10.1 Å². The number of hydrazine groups is 1. The number of rotatable bonds is 3. The van der Waals surface area contributed by atoms with Crippen LogP contribution in [0.2, 0.25) is 0 Å². The molecule has 0 aliphatic carbocycles. The van der Waals surface area contributed by atoms with Gasteiger partial charge >= 0.3 is 0 Å². The number of carbonyl (C=O) groups excluding carboxylic acids is 2. The number of likely N-dealkylation sites (N-methyl/N-ethyl adjacent to an activating group) is 1. The van der Waals surface area contributed by atoms with Gasteiger partial charge in [-0.3, -0.25) is 20.0 Å². The minimum Gasteiger partial charge on any atom is -0.318 e. The number of hydrogen-bond acceptors (Lipinski definition) is 4. The minimum atomic E-state index is -0.441. The number of aldehydes is 1. The number of allylic oxidation sites excluding steroid dienone is 1. The highest BCUT2D eigenvalue weighted by atomic mass is 127. The van der Waals surface area contributed by atoms with Crippen molar-refractivity contribution in [3.63, 3.8) is 0 Å². The second kappa shape index (κ2) is 5.55. The summed E-state index contributed by atoms with van der Waals surface area (Å²) in [5.41, 5.74) is 3.21. The lowest BCUT2D eigenvalue weighted by molar-refractivity contribution is -0.129. The largest absolute Gasteiger partial charge is 0.318 e. The fraction of sp³-hybridized carbons (Fsp3) is 0.167. The number of hydrogen-bond donors (Lipinski definition) is 1. The average Bonchev–Trinajstić information content (AvgIpc) is 2.36. The molecule has 1 aromatic carbocycles. The van der Waals surface area contributed by atoms with E-state index >= 15 is 0 Å². The third-order valence-corrected chi connectivity index (χ3v) is 3.30. The van der Waals surface area contributed by atoms with Crippen molar-refractivity contribution in [2.45, 2.75) is 0 Å². The van der Waals surface area contributed by atoms with E-state index < -0.39 is 5.82 Å². The van der Waals surface area contributed by atoms with Crippen molar-refractivity contribution in [3.8, 4) is 0 Å². The zero-order chi connectivity index (χ0) is 14.0. The monoisotopic (exact) mass is 375 g/mol. The van der Waals surface area contributed by atoms with Gasteiger partial charge in [0.25, 0.3) is 0 Å². The van der Waals surface area contributed by atoms with Crippen molar-refractivity contribution >= 4 is 40.5 Å². The molecule has 1 aliphatic heterocycles. The number of benzene rings is 1. The molecule has 0 aromatic heterocycles. The summed E-state index contributed by atoms with van der Waals surface area (Å²) in [6.45, 7) is -0.0352. The molecule has 0 fully saturated rings. The number of anilines is 1. The standard InChI is InChI=1S/C12H11FIN3O2/c1-16-5-9(7-18)17(6-12(16)19)15-11-3-2-8(14)4-10(11)13/h2-5,7,15H,6H2,1H3. The summed E-state index contributed by atoms with van der Waals surface area (Å²) in [4.78, 5) is 23.9. The van der Waals surface area contributed by atoms with E-state index in [1.165, 1.54) is 22.2 Å². The molecule has 1 heterocycles. The van der Waals surface area contributed by atoms with Gasteiger partial charge in [-0.05, 0) is 40.8 Å². The maximum Gasteiger partial charge on any atom is 0.247 e. The molecule has 1 N–H and O–H groups in total. The van der Waals surface area contributed by atoms with E-state index in [-0.39, 0.29) is 23.8 Å². The van der Waals surface area contributed by atoms with Gasteiger partial charge in [0.05, 0.1) is 5.69 Å². The Morgan fingerprint density at radius 2 is 2.21 bits per heavy atom. The molecular weight excluding hydrogens is 364 g/mol. The Morgan fingerprint density at radius 3 is 2.84 bits per heavy atom. The van der Waals surface area contributed by atoms with E-state index in [9.17, 15) is 14.0 Å². The number of nitrogens with one attached hydrogen (secondary N) is 1. The van der Waals surface area contributed by atoms with Crippen LogP contribution in [-0.2, 0) is 9.59 Å². The molecular formula is C12H11FIN3O2. The molecule has 0 saturated heterocycles. The summed E-state index contributed by atoms with van der Waals surface area (Å²) < 4.78 is 14.5. The summed E-state index contributed by atoms with van der Waals surface area (Å²) in [5.74, 6) is -0.632. The van der Waals surface area contributed by atoms with Crippen molar-refractivity contribution in [1.82, 2.24) is 9.91 Å². The predicted molar refractivity (Wildman–Crippen MR) is 76.4 cm³/mol. The zero-order valence-electron chi connectivity index (χ0n) is 10.1. The SMILES string of the molecule is CN1C=C(C=O)N(Nc2ccc(I)cc2F)CC1=O. The van der Waals surface area contributed by atoms with Gasteiger partial charge in [-0.15, -0.1) is 0 Å². The van der Waals surface area contributed by atoms with E-state index in [1.54, 1.807) is 19.2 Å². The summed E-state index contributed by atoms with van der Waals surface area (Å²) in [6, 6.07) is 4.65. The van der Waals surface area contributed by atoms with Gasteiger partial charge in [-0.25, -0.2) is 4.39 Å². The highest BCUT2D eigenvalue weighted by Crippen LogP contribution is 2.20. The summed E-state index contributed by atoms with van der Waals surface area (Å²) in [7, 11) is 1.56. The zero-order valence-corrected chi connectivity index (χ0v) is 12.2. The fourth-order valence-corrected chi connectivity index (χ4v) is 2.06. The van der Waals surface area contributed by atoms with E-state index in [4.69, 9.17) is 0 Å². The van der Waals surface area contributed by atoms with Crippen LogP contribution in [-0.4, -0.2) is 35.7 Å². The smallest absolute Gasteiger partial charge is 0.247 e. The molecule has 7 heteroatoms. The van der Waals surface area contributed by atoms with E-state index in [0.717, 1.165) is 3.57 Å². The van der Waals surface area contributed by atoms with E-state index in [1.807, 2.05) is 22.6 Å². The molecule has 1 amide bonds. The summed E-state index contributed by atoms with van der Waals surface area (Å²) >= 11 is 2.00. The predicted octanol–water partition coefficient (Wildman–Crippen LogP) is 1.57. The lowest BCUT2D eigenvalue weighted by atomic mass is 10.3. The molecule has 100 valence electrons. The van der Waals surface area contributed by atoms with Crippen molar-refractivity contribution in [1.29, 1.82) is 0 Å². The van der Waals surface area contributed by atoms with Crippen LogP contribution in [0.25, 0.3) is 0 Å². The van der Waals surface area contributed by atoms with Crippen LogP contribution in [0.5, 0.6) is 0 Å². The van der Waals surface area contributed by atoms with Crippen molar-refractivity contribution in [2.75, 3.05) is 19.0 Å². The molecule has 2 rings (SSSR count). The second-order valence-electron chi connectivity index (χ2n) is 4.00. The van der Waals surface area contributed by atoms with Crippen LogP contribution >= 0.6 is 22.6 Å². The summed E-state index contributed by atoms with van der Waals surface area (Å²) in [5, 5.41) is 1.32. The first-order valence-corrected chi connectivity index (χ1v) is 6.51. The maximum absolute atomic E-state index is 13.7. The fourth-order valence-electron chi connectivity index (χ4n) is 1.60. The van der Waals surface area contributed by atoms with Crippen molar-refractivity contribution in [3.05, 3.63) is 39.5 Å². The molecule has 19 heavy (non-hydrogen) atoms. The third kappa shape index (κ3) is 3.03. The number of carbonyl (C=O) groups is 2. The quantitative estimate of drug-likeness (QED) is 0.644. The van der Waals surface area contributed by atoms with E-state index in [2.05, 4.69) is 5.43 Å². The Kier molecular flexibility index (Phi) is 4.03. The van der Waals surface area contributed by atoms with Crippen LogP contribution in [0, 0.1) is 9.39 Å². The van der Waals surface area contributed by atoms with Crippen LogP contribution in [0.3, 0.4) is 0 Å². The van der Waals surface area contributed by atoms with E-state index in [0.29, 0.717) is 6.29 Å². The first kappa shape index (κ1) is 13.8. The highest BCUT2D eigenvalue weighted by molar-refractivity contribution is 14.1. The van der Waals surface area contributed by atoms with Gasteiger partial charge in [0.15, 0.2) is 6.29 Å². The van der Waals surface area contributed by atoms with Crippen molar-refractivity contribution in [2.24, 2.45) is 0 Å². The summed E-state index contributed by atoms with van der Waals surface area (Å²) in [6.07, 6.45) is 2.01. The Bertz CT molecular complexity index is 562. The molecule has 0 atom stereocenters. The maximum atomic E-state index is 13.7. The highest BCUT2D eigenvalue weighted by Gasteiger charge is 2.23. The molecule has 0 unspecified atom stereocenters. The molecule has 0 saturated carbocycles. The number of halogens is 2. The molecule has 0 radical (unpaired) electrons. The first-order chi connectivity index (χ1) is 9.01. The Balaban J connectivity index is 2.24. The van der Waals surface area contributed by atoms with Gasteiger partial charge in [0.2, 0.25) is 5.91 Å². The molecule has 1 aliphatic rings. The Hall–Kier alpha value is -1.64. The molecule has 5 nitrogen and oxygen atoms in total. The van der Waals surface area contributed by atoms with Crippen LogP contribution in [0.1, 0.15) is 0 Å². The minimum absolute atomic E-state index is 0.0352. The molecule has 1 aromatic rings. The van der Waals surface area contributed by atoms with Gasteiger partial charge < -0.3 is 4.90 Å². The van der Waals surface area contributed by atoms with Gasteiger partial charge in [-0.2, -0.15) is 0 Å². The number of nitrogens with zero attached hydrogens (tertiary/aromatic N) is 2. The molecule has 0 bridgehead atoms. The third-order valence-electron chi connectivity index (χ3n) is 2.63. The first-order valence-electron chi connectivity index (χ1n) is 5.43. The normalized spacial score (nSPS) is 15.3. The second-order valence-corrected chi connectivity index (χ2v) is 5.24. The average molecular weight is 375 g/mol. The lowest BCUT2D eigenvalue weighted by Crippen LogP contribution is -2.44. The Labute approximate surface area is 123 Å². The topological polar surface area (TPSA) is 52.7 Å². The van der Waals surface area contributed by atoms with Crippen molar-refractivity contribution < 1.29 is 14.0 Å². The Morgan fingerprint density at radius 1 is 1.47 bits per heavy atom. The lowest BCUT2D eigenvalue weighted by Gasteiger charge is -2.31. The van der Waals surface area contributed by atoms with Gasteiger partial charge in [0.1, 0.15) is 18.1 Å². The van der Waals surface area contributed by atoms with Crippen LogP contribution < -0.4 is 5.43 Å². The van der Waals surface area contributed by atoms with Gasteiger partial charge in [-0.1, -0.05) is 0 Å². The number of amides is 1. The van der Waals surface area contributed by atoms with Crippen LogP contribution in [0.15, 0.2) is 30.1 Å².